The van der Waals surface area contributed by atoms with Crippen LogP contribution in [-0.4, -0.2) is 58.7 Å². The summed E-state index contributed by atoms with van der Waals surface area (Å²) < 4.78 is 7.67. The van der Waals surface area contributed by atoms with Gasteiger partial charge in [0.1, 0.15) is 0 Å². The maximum atomic E-state index is 13.0. The molecule has 2 bridgehead atoms. The molecule has 3 aromatic rings. The number of hydrogen-bond donors (Lipinski definition) is 1. The predicted molar refractivity (Wildman–Crippen MR) is 131 cm³/mol. The fourth-order valence-electron chi connectivity index (χ4n) is 5.49. The van der Waals surface area contributed by atoms with Gasteiger partial charge in [-0.2, -0.15) is 0 Å². The number of amides is 4. The molecule has 9 heteroatoms. The fraction of sp³-hybridized carbons (Fsp3) is 0.370. The average molecular weight is 489 g/mol. The van der Waals surface area contributed by atoms with E-state index in [0.717, 1.165) is 47.0 Å². The molecule has 2 unspecified atom stereocenters. The molecule has 3 aliphatic rings. The lowest BCUT2D eigenvalue weighted by atomic mass is 9.89. The van der Waals surface area contributed by atoms with Gasteiger partial charge in [-0.3, -0.25) is 14.5 Å². The predicted octanol–water partition coefficient (Wildman–Crippen LogP) is 3.37. The van der Waals surface area contributed by atoms with Crippen LogP contribution in [0.3, 0.4) is 0 Å². The first-order valence-electron chi connectivity index (χ1n) is 12.3. The van der Waals surface area contributed by atoms with Crippen LogP contribution in [0.15, 0.2) is 48.5 Å². The second-order valence-corrected chi connectivity index (χ2v) is 9.62. The van der Waals surface area contributed by atoms with Gasteiger partial charge < -0.3 is 14.2 Å². The Hall–Kier alpha value is -3.69. The molecule has 6 rings (SSSR count). The van der Waals surface area contributed by atoms with Crippen LogP contribution in [0.2, 0.25) is 0 Å². The van der Waals surface area contributed by atoms with Crippen LogP contribution in [0, 0.1) is 0 Å². The highest BCUT2D eigenvalue weighted by Gasteiger charge is 2.44. The number of ether oxygens (including phenoxy) is 1. The molecule has 0 spiro atoms. The Morgan fingerprint density at radius 3 is 2.69 bits per heavy atom. The molecule has 2 fully saturated rings. The molecule has 186 valence electrons. The van der Waals surface area contributed by atoms with Crippen molar-refractivity contribution in [2.24, 2.45) is 0 Å². The molecule has 2 saturated heterocycles. The molecule has 36 heavy (non-hydrogen) atoms. The standard InChI is InChI=1S/C27H28N4O5/c1-29-26(33)20-15-30(27(29)34)16-22-24(20)19-6-2-3-7-21(19)31(22)14-17-9-11-18(12-10-17)25(32)28-36-23-8-4-5-13-35-23/h2-3,6-7,9-12,20,23H,4-5,8,13-16H2,1H3,(H,28,32). The van der Waals surface area contributed by atoms with Crippen molar-refractivity contribution in [1.82, 2.24) is 19.8 Å². The third-order valence-electron chi connectivity index (χ3n) is 7.38. The largest absolute Gasteiger partial charge is 0.350 e. The highest BCUT2D eigenvalue weighted by molar-refractivity contribution is 6.04. The minimum atomic E-state index is -0.399. The molecular weight excluding hydrogens is 460 g/mol. The Labute approximate surface area is 208 Å². The molecular formula is C27H28N4O5. The molecule has 0 radical (unpaired) electrons. The number of carbonyl (C=O) groups excluding carboxylic acids is 3. The molecule has 4 amide bonds. The fourth-order valence-corrected chi connectivity index (χ4v) is 5.49. The van der Waals surface area contributed by atoms with Crippen molar-refractivity contribution < 1.29 is 24.0 Å². The zero-order valence-electron chi connectivity index (χ0n) is 20.1. The first-order valence-corrected chi connectivity index (χ1v) is 12.3. The summed E-state index contributed by atoms with van der Waals surface area (Å²) >= 11 is 0. The molecule has 2 aromatic carbocycles. The van der Waals surface area contributed by atoms with Gasteiger partial charge in [-0.15, -0.1) is 0 Å². The highest BCUT2D eigenvalue weighted by Crippen LogP contribution is 2.40. The quantitative estimate of drug-likeness (QED) is 0.556. The van der Waals surface area contributed by atoms with Crippen LogP contribution in [-0.2, 0) is 27.5 Å². The lowest BCUT2D eigenvalue weighted by Gasteiger charge is -2.41. The first kappa shape index (κ1) is 22.8. The number of fused-ring (bicyclic) bond motifs is 6. The topological polar surface area (TPSA) is 93.1 Å². The first-order chi connectivity index (χ1) is 17.5. The van der Waals surface area contributed by atoms with Crippen LogP contribution in [0.5, 0.6) is 0 Å². The molecule has 1 aromatic heterocycles. The van der Waals surface area contributed by atoms with Gasteiger partial charge in [0.2, 0.25) is 5.91 Å². The van der Waals surface area contributed by atoms with Gasteiger partial charge in [0, 0.05) is 55.3 Å². The van der Waals surface area contributed by atoms with Crippen molar-refractivity contribution in [2.75, 3.05) is 20.2 Å². The van der Waals surface area contributed by atoms with Crippen molar-refractivity contribution in [2.45, 2.75) is 44.6 Å². The van der Waals surface area contributed by atoms with Gasteiger partial charge in [0.15, 0.2) is 6.29 Å². The smallest absolute Gasteiger partial charge is 0.326 e. The SMILES string of the molecule is CN1C(=O)C2CN(Cc3c2c2ccccc2n3Cc2ccc(C(=O)NOC3CCCCO3)cc2)C1=O. The number of nitrogens with one attached hydrogen (secondary N) is 1. The molecule has 4 heterocycles. The van der Waals surface area contributed by atoms with Gasteiger partial charge >= 0.3 is 6.03 Å². The van der Waals surface area contributed by atoms with E-state index in [2.05, 4.69) is 16.1 Å². The number of nitrogens with zero attached hydrogens (tertiary/aromatic N) is 3. The number of aromatic nitrogens is 1. The minimum Gasteiger partial charge on any atom is -0.350 e. The van der Waals surface area contributed by atoms with Crippen molar-refractivity contribution in [3.63, 3.8) is 0 Å². The van der Waals surface area contributed by atoms with E-state index in [9.17, 15) is 14.4 Å². The maximum absolute atomic E-state index is 13.0. The zero-order chi connectivity index (χ0) is 24.8. The van der Waals surface area contributed by atoms with E-state index in [-0.39, 0.29) is 23.8 Å². The lowest BCUT2D eigenvalue weighted by molar-refractivity contribution is -0.186. The lowest BCUT2D eigenvalue weighted by Crippen LogP contribution is -2.56. The summed E-state index contributed by atoms with van der Waals surface area (Å²) in [5.74, 6) is -0.834. The van der Waals surface area contributed by atoms with Crippen LogP contribution in [0.4, 0.5) is 4.79 Å². The number of likely N-dealkylation sites (N-methyl/N-ethyl adjacent to an activating group) is 1. The summed E-state index contributed by atoms with van der Waals surface area (Å²) in [6.45, 7) is 2.08. The van der Waals surface area contributed by atoms with Gasteiger partial charge in [0.05, 0.1) is 12.5 Å². The maximum Gasteiger partial charge on any atom is 0.326 e. The summed E-state index contributed by atoms with van der Waals surface area (Å²) in [5, 5.41) is 1.05. The van der Waals surface area contributed by atoms with Crippen molar-refractivity contribution in [1.29, 1.82) is 0 Å². The third-order valence-corrected chi connectivity index (χ3v) is 7.38. The molecule has 9 nitrogen and oxygen atoms in total. The van der Waals surface area contributed by atoms with E-state index in [0.29, 0.717) is 31.8 Å². The number of hydrogen-bond acceptors (Lipinski definition) is 5. The second kappa shape index (κ2) is 9.07. The number of para-hydroxylation sites is 1. The number of carbonyl (C=O) groups is 3. The van der Waals surface area contributed by atoms with E-state index in [1.807, 2.05) is 30.3 Å². The van der Waals surface area contributed by atoms with E-state index in [1.54, 1.807) is 24.1 Å². The third kappa shape index (κ3) is 3.84. The van der Waals surface area contributed by atoms with Crippen LogP contribution >= 0.6 is 0 Å². The average Bonchev–Trinajstić information content (AvgIpc) is 3.23. The Balaban J connectivity index is 1.26. The second-order valence-electron chi connectivity index (χ2n) is 9.62. The van der Waals surface area contributed by atoms with E-state index in [4.69, 9.17) is 9.57 Å². The Bertz CT molecular complexity index is 1340. The monoisotopic (exact) mass is 488 g/mol. The Kier molecular flexibility index (Phi) is 5.73. The number of benzene rings is 2. The Morgan fingerprint density at radius 2 is 1.92 bits per heavy atom. The van der Waals surface area contributed by atoms with Crippen molar-refractivity contribution in [3.05, 3.63) is 70.9 Å². The molecule has 1 N–H and O–H groups in total. The van der Waals surface area contributed by atoms with Crippen LogP contribution in [0.25, 0.3) is 10.9 Å². The summed E-state index contributed by atoms with van der Waals surface area (Å²) in [6, 6.07) is 15.2. The van der Waals surface area contributed by atoms with E-state index < -0.39 is 6.29 Å². The molecule has 3 aliphatic heterocycles. The minimum absolute atomic E-state index is 0.156. The number of hydroxylamine groups is 1. The number of imide groups is 1. The molecule has 2 atom stereocenters. The van der Waals surface area contributed by atoms with Gasteiger partial charge in [-0.25, -0.2) is 15.1 Å². The van der Waals surface area contributed by atoms with Crippen molar-refractivity contribution in [3.8, 4) is 0 Å². The highest BCUT2D eigenvalue weighted by atomic mass is 16.8. The Morgan fingerprint density at radius 1 is 1.11 bits per heavy atom. The summed E-state index contributed by atoms with van der Waals surface area (Å²) in [6.07, 6.45) is 2.39. The number of rotatable bonds is 5. The summed E-state index contributed by atoms with van der Waals surface area (Å²) in [4.78, 5) is 46.5. The van der Waals surface area contributed by atoms with Crippen molar-refractivity contribution >= 4 is 28.7 Å². The van der Waals surface area contributed by atoms with E-state index in [1.165, 1.54) is 4.90 Å². The van der Waals surface area contributed by atoms with Crippen LogP contribution < -0.4 is 5.48 Å². The van der Waals surface area contributed by atoms with Gasteiger partial charge in [0.25, 0.3) is 5.91 Å². The summed E-state index contributed by atoms with van der Waals surface area (Å²) in [7, 11) is 1.55. The van der Waals surface area contributed by atoms with E-state index >= 15 is 0 Å². The van der Waals surface area contributed by atoms with Gasteiger partial charge in [-0.1, -0.05) is 30.3 Å². The number of urea groups is 1. The normalized spacial score (nSPS) is 21.6. The summed E-state index contributed by atoms with van der Waals surface area (Å²) in [5.41, 5.74) is 7.03. The van der Waals surface area contributed by atoms with Crippen LogP contribution in [0.1, 0.15) is 52.4 Å². The molecule has 0 aliphatic carbocycles. The zero-order valence-corrected chi connectivity index (χ0v) is 20.1. The van der Waals surface area contributed by atoms with Gasteiger partial charge in [-0.05, 0) is 42.2 Å². The molecule has 0 saturated carbocycles.